The average Bonchev–Trinajstić information content (AvgIpc) is 2.73. The van der Waals surface area contributed by atoms with Crippen molar-refractivity contribution in [1.82, 2.24) is 0 Å². The molecule has 140 valence electrons. The van der Waals surface area contributed by atoms with Crippen molar-refractivity contribution in [3.63, 3.8) is 0 Å². The van der Waals surface area contributed by atoms with Gasteiger partial charge in [0.2, 0.25) is 0 Å². The molecule has 0 aliphatic carbocycles. The molecule has 0 heterocycles. The number of benzene rings is 3. The van der Waals surface area contributed by atoms with Crippen LogP contribution >= 0.6 is 0 Å². The van der Waals surface area contributed by atoms with Gasteiger partial charge in [0.05, 0.1) is 0 Å². The van der Waals surface area contributed by atoms with E-state index in [1.165, 1.54) is 12.7 Å². The Morgan fingerprint density at radius 2 is 1.75 bits per heavy atom. The van der Waals surface area contributed by atoms with Gasteiger partial charge in [-0.05, 0) is 47.7 Å². The Hall–Kier alpha value is -3.58. The van der Waals surface area contributed by atoms with Crippen molar-refractivity contribution in [2.75, 3.05) is 7.11 Å². The van der Waals surface area contributed by atoms with E-state index in [-0.39, 0.29) is 5.71 Å². The summed E-state index contributed by atoms with van der Waals surface area (Å²) < 4.78 is 5.98. The lowest BCUT2D eigenvalue weighted by Gasteiger charge is -2.11. The number of aryl methyl sites for hydroxylation is 2. The molecule has 0 N–H and O–H groups in total. The van der Waals surface area contributed by atoms with Gasteiger partial charge in [-0.25, -0.2) is 0 Å². The van der Waals surface area contributed by atoms with E-state index in [0.717, 1.165) is 33.6 Å². The first kappa shape index (κ1) is 19.2. The van der Waals surface area contributed by atoms with Gasteiger partial charge in [0, 0.05) is 5.56 Å². The van der Waals surface area contributed by atoms with Gasteiger partial charge in [-0.2, -0.15) is 5.26 Å². The fourth-order valence-corrected chi connectivity index (χ4v) is 2.97. The summed E-state index contributed by atoms with van der Waals surface area (Å²) in [5, 5.41) is 13.2. The van der Waals surface area contributed by atoms with E-state index in [4.69, 9.17) is 9.57 Å². The molecule has 0 unspecified atom stereocenters. The number of nitriles is 1. The lowest BCUT2D eigenvalue weighted by atomic mass is 9.96. The molecule has 4 nitrogen and oxygen atoms in total. The van der Waals surface area contributed by atoms with Crippen LogP contribution in [-0.2, 0) is 11.4 Å². The first-order chi connectivity index (χ1) is 13.6. The molecule has 0 atom stereocenters. The highest BCUT2D eigenvalue weighted by atomic mass is 16.6. The van der Waals surface area contributed by atoms with Crippen LogP contribution in [0, 0.1) is 25.2 Å². The summed E-state index contributed by atoms with van der Waals surface area (Å²) in [6.45, 7) is 4.60. The van der Waals surface area contributed by atoms with Crippen LogP contribution in [0.25, 0.3) is 11.1 Å². The van der Waals surface area contributed by atoms with E-state index in [1.54, 1.807) is 0 Å². The summed E-state index contributed by atoms with van der Waals surface area (Å²) in [5.74, 6) is 0.906. The second-order valence-electron chi connectivity index (χ2n) is 6.53. The summed E-state index contributed by atoms with van der Waals surface area (Å²) >= 11 is 0. The van der Waals surface area contributed by atoms with Crippen LogP contribution in [0.2, 0.25) is 0 Å². The lowest BCUT2D eigenvalue weighted by Crippen LogP contribution is -2.01. The minimum atomic E-state index is 0.250. The number of oxime groups is 1. The Bertz CT molecular complexity index is 1030. The first-order valence-corrected chi connectivity index (χ1v) is 9.02. The van der Waals surface area contributed by atoms with Gasteiger partial charge in [-0.15, -0.1) is 0 Å². The third-order valence-corrected chi connectivity index (χ3v) is 4.47. The summed E-state index contributed by atoms with van der Waals surface area (Å²) in [5.41, 5.74) is 6.31. The summed E-state index contributed by atoms with van der Waals surface area (Å²) in [4.78, 5) is 4.80. The monoisotopic (exact) mass is 370 g/mol. The van der Waals surface area contributed by atoms with Crippen molar-refractivity contribution < 1.29 is 9.57 Å². The highest BCUT2D eigenvalue weighted by molar-refractivity contribution is 6.15. The Balaban J connectivity index is 1.81. The second-order valence-corrected chi connectivity index (χ2v) is 6.53. The Kier molecular flexibility index (Phi) is 6.08. The van der Waals surface area contributed by atoms with E-state index >= 15 is 0 Å². The van der Waals surface area contributed by atoms with Crippen LogP contribution in [0.3, 0.4) is 0 Å². The van der Waals surface area contributed by atoms with Gasteiger partial charge < -0.3 is 9.57 Å². The highest BCUT2D eigenvalue weighted by Crippen LogP contribution is 2.26. The van der Waals surface area contributed by atoms with Crippen LogP contribution in [0.5, 0.6) is 5.75 Å². The number of hydrogen-bond donors (Lipinski definition) is 0. The topological polar surface area (TPSA) is 54.6 Å². The van der Waals surface area contributed by atoms with Crippen molar-refractivity contribution >= 4 is 5.71 Å². The predicted molar refractivity (Wildman–Crippen MR) is 111 cm³/mol. The van der Waals surface area contributed by atoms with Crippen LogP contribution in [0.4, 0.5) is 0 Å². The SMILES string of the molecule is CON=C(C#N)c1ccccc1-c1ccc(COc2cc(C)ccc2C)cc1. The maximum atomic E-state index is 9.37. The van der Waals surface area contributed by atoms with Crippen LogP contribution < -0.4 is 4.74 Å². The van der Waals surface area contributed by atoms with E-state index < -0.39 is 0 Å². The number of ether oxygens (including phenoxy) is 1. The van der Waals surface area contributed by atoms with Crippen molar-refractivity contribution in [3.8, 4) is 22.9 Å². The zero-order chi connectivity index (χ0) is 19.9. The van der Waals surface area contributed by atoms with Gasteiger partial charge in [0.25, 0.3) is 0 Å². The molecule has 0 saturated carbocycles. The molecule has 0 bridgehead atoms. The van der Waals surface area contributed by atoms with Gasteiger partial charge in [-0.1, -0.05) is 65.8 Å². The van der Waals surface area contributed by atoms with Crippen LogP contribution in [0.1, 0.15) is 22.3 Å². The van der Waals surface area contributed by atoms with E-state index in [1.807, 2.05) is 55.5 Å². The minimum Gasteiger partial charge on any atom is -0.489 e. The van der Waals surface area contributed by atoms with Crippen molar-refractivity contribution in [2.24, 2.45) is 5.16 Å². The molecule has 0 spiro atoms. The van der Waals surface area contributed by atoms with Crippen molar-refractivity contribution in [3.05, 3.63) is 89.0 Å². The Morgan fingerprint density at radius 3 is 2.46 bits per heavy atom. The fraction of sp³-hybridized carbons (Fsp3) is 0.167. The molecule has 0 aliphatic rings. The quantitative estimate of drug-likeness (QED) is 0.430. The fourth-order valence-electron chi connectivity index (χ4n) is 2.97. The third-order valence-electron chi connectivity index (χ3n) is 4.47. The van der Waals surface area contributed by atoms with Gasteiger partial charge in [0.1, 0.15) is 25.5 Å². The molecule has 0 saturated heterocycles. The molecule has 28 heavy (non-hydrogen) atoms. The molecule has 4 heteroatoms. The largest absolute Gasteiger partial charge is 0.489 e. The molecule has 0 fully saturated rings. The second kappa shape index (κ2) is 8.88. The van der Waals surface area contributed by atoms with Crippen molar-refractivity contribution in [1.29, 1.82) is 5.26 Å². The maximum Gasteiger partial charge on any atom is 0.187 e. The van der Waals surface area contributed by atoms with Crippen LogP contribution in [0.15, 0.2) is 71.9 Å². The average molecular weight is 370 g/mol. The predicted octanol–water partition coefficient (Wildman–Crippen LogP) is 5.42. The standard InChI is InChI=1S/C24H22N2O2/c1-17-8-9-18(2)24(14-17)28-16-19-10-12-20(13-11-19)21-6-4-5-7-22(21)23(15-25)26-27-3/h4-14H,16H2,1-3H3. The number of hydrogen-bond acceptors (Lipinski definition) is 4. The van der Waals surface area contributed by atoms with Crippen molar-refractivity contribution in [2.45, 2.75) is 20.5 Å². The minimum absolute atomic E-state index is 0.250. The van der Waals surface area contributed by atoms with Gasteiger partial charge in [-0.3, -0.25) is 0 Å². The lowest BCUT2D eigenvalue weighted by molar-refractivity contribution is 0.214. The third kappa shape index (κ3) is 4.39. The summed E-state index contributed by atoms with van der Waals surface area (Å²) in [6, 6.07) is 24.1. The molecule has 0 aliphatic heterocycles. The molecule has 3 rings (SSSR count). The molecule has 3 aromatic rings. The van der Waals surface area contributed by atoms with Crippen LogP contribution in [-0.4, -0.2) is 12.8 Å². The molecular weight excluding hydrogens is 348 g/mol. The van der Waals surface area contributed by atoms with E-state index in [2.05, 4.69) is 36.3 Å². The molecule has 0 aromatic heterocycles. The molecule has 0 amide bonds. The van der Waals surface area contributed by atoms with E-state index in [0.29, 0.717) is 6.61 Å². The summed E-state index contributed by atoms with van der Waals surface area (Å²) in [6.07, 6.45) is 0. The normalized spacial score (nSPS) is 11.0. The Morgan fingerprint density at radius 1 is 1.00 bits per heavy atom. The smallest absolute Gasteiger partial charge is 0.187 e. The maximum absolute atomic E-state index is 9.37. The molecular formula is C24H22N2O2. The van der Waals surface area contributed by atoms with Gasteiger partial charge in [0.15, 0.2) is 5.71 Å². The Labute approximate surface area is 165 Å². The zero-order valence-electron chi connectivity index (χ0n) is 16.3. The number of rotatable bonds is 6. The van der Waals surface area contributed by atoms with E-state index in [9.17, 15) is 5.26 Å². The number of nitrogens with zero attached hydrogens (tertiary/aromatic N) is 2. The van der Waals surface area contributed by atoms with Gasteiger partial charge >= 0.3 is 0 Å². The zero-order valence-corrected chi connectivity index (χ0v) is 16.3. The highest BCUT2D eigenvalue weighted by Gasteiger charge is 2.11. The molecule has 0 radical (unpaired) electrons. The summed E-state index contributed by atoms with van der Waals surface area (Å²) in [7, 11) is 1.44. The first-order valence-electron chi connectivity index (χ1n) is 9.02. The molecule has 3 aromatic carbocycles.